The quantitative estimate of drug-likeness (QED) is 0.357. The molecule has 138 valence electrons. The Morgan fingerprint density at radius 1 is 1.12 bits per heavy atom. The standard InChI is InChI=1S/C22H28N2O2/c1-18-17-22(24-20-14-11-10-13-19(18)20)26-16-12-8-6-4-2-3-5-7-9-15-21(23)25/h5,7,9-11,13-15,17H,2-4,6,8,12,16H2,1H3,(H2,23,25). The van der Waals surface area contributed by atoms with E-state index in [9.17, 15) is 4.79 Å². The van der Waals surface area contributed by atoms with Gasteiger partial charge in [-0.3, -0.25) is 4.79 Å². The summed E-state index contributed by atoms with van der Waals surface area (Å²) in [7, 11) is 0. The highest BCUT2D eigenvalue weighted by atomic mass is 16.5. The number of nitrogens with two attached hydrogens (primary N) is 1. The first-order valence-corrected chi connectivity index (χ1v) is 9.28. The number of hydrogen-bond donors (Lipinski definition) is 1. The monoisotopic (exact) mass is 352 g/mol. The number of benzene rings is 1. The van der Waals surface area contributed by atoms with Crippen molar-refractivity contribution >= 4 is 16.8 Å². The summed E-state index contributed by atoms with van der Waals surface area (Å²) in [6.45, 7) is 2.80. The van der Waals surface area contributed by atoms with E-state index >= 15 is 0 Å². The van der Waals surface area contributed by atoms with E-state index in [4.69, 9.17) is 10.5 Å². The predicted molar refractivity (Wildman–Crippen MR) is 107 cm³/mol. The van der Waals surface area contributed by atoms with Gasteiger partial charge in [0.15, 0.2) is 0 Å². The number of hydrogen-bond acceptors (Lipinski definition) is 3. The lowest BCUT2D eigenvalue weighted by Crippen LogP contribution is -2.04. The van der Waals surface area contributed by atoms with Crippen molar-refractivity contribution in [2.75, 3.05) is 6.61 Å². The largest absolute Gasteiger partial charge is 0.478 e. The van der Waals surface area contributed by atoms with Crippen LogP contribution in [-0.4, -0.2) is 17.5 Å². The third-order valence-electron chi connectivity index (χ3n) is 4.17. The van der Waals surface area contributed by atoms with Crippen molar-refractivity contribution in [3.05, 3.63) is 60.2 Å². The summed E-state index contributed by atoms with van der Waals surface area (Å²) in [5, 5.41) is 1.18. The minimum Gasteiger partial charge on any atom is -0.478 e. The van der Waals surface area contributed by atoms with E-state index in [0.717, 1.165) is 37.1 Å². The number of carbonyl (C=O) groups excluding carboxylic acids is 1. The van der Waals surface area contributed by atoms with Crippen LogP contribution in [0.1, 0.15) is 44.1 Å². The zero-order valence-electron chi connectivity index (χ0n) is 15.5. The van der Waals surface area contributed by atoms with Gasteiger partial charge in [0, 0.05) is 17.5 Å². The molecular formula is C22H28N2O2. The van der Waals surface area contributed by atoms with E-state index < -0.39 is 5.91 Å². The van der Waals surface area contributed by atoms with Gasteiger partial charge < -0.3 is 10.5 Å². The van der Waals surface area contributed by atoms with Gasteiger partial charge in [-0.2, -0.15) is 0 Å². The summed E-state index contributed by atoms with van der Waals surface area (Å²) in [6, 6.07) is 10.2. The molecule has 0 aliphatic carbocycles. The molecule has 2 rings (SSSR count). The molecule has 1 aromatic carbocycles. The number of nitrogens with zero attached hydrogens (tertiary/aromatic N) is 1. The van der Waals surface area contributed by atoms with E-state index in [-0.39, 0.29) is 0 Å². The van der Waals surface area contributed by atoms with Crippen LogP contribution in [0.2, 0.25) is 0 Å². The second-order valence-corrected chi connectivity index (χ2v) is 6.39. The van der Waals surface area contributed by atoms with Crippen LogP contribution in [-0.2, 0) is 4.79 Å². The summed E-state index contributed by atoms with van der Waals surface area (Å²) in [5.41, 5.74) is 7.19. The molecule has 0 saturated heterocycles. The Balaban J connectivity index is 1.56. The first kappa shape index (κ1) is 19.7. The summed E-state index contributed by atoms with van der Waals surface area (Å²) in [4.78, 5) is 15.1. The lowest BCUT2D eigenvalue weighted by atomic mass is 10.1. The van der Waals surface area contributed by atoms with Gasteiger partial charge in [0.05, 0.1) is 12.1 Å². The van der Waals surface area contributed by atoms with Gasteiger partial charge in [-0.05, 0) is 37.8 Å². The Morgan fingerprint density at radius 3 is 2.73 bits per heavy atom. The summed E-state index contributed by atoms with van der Waals surface area (Å²) < 4.78 is 5.82. The zero-order valence-corrected chi connectivity index (χ0v) is 15.5. The van der Waals surface area contributed by atoms with Crippen LogP contribution in [0.5, 0.6) is 5.88 Å². The zero-order chi connectivity index (χ0) is 18.6. The second-order valence-electron chi connectivity index (χ2n) is 6.39. The maximum absolute atomic E-state index is 10.5. The number of fused-ring (bicyclic) bond motifs is 1. The van der Waals surface area contributed by atoms with Crippen molar-refractivity contribution < 1.29 is 9.53 Å². The van der Waals surface area contributed by atoms with E-state index in [0.29, 0.717) is 6.61 Å². The van der Waals surface area contributed by atoms with Crippen LogP contribution in [0.25, 0.3) is 10.9 Å². The minimum atomic E-state index is -0.411. The van der Waals surface area contributed by atoms with Crippen LogP contribution in [0.3, 0.4) is 0 Å². The molecule has 1 amide bonds. The Kier molecular flexibility index (Phi) is 8.40. The van der Waals surface area contributed by atoms with Crippen LogP contribution < -0.4 is 10.5 Å². The van der Waals surface area contributed by atoms with Crippen molar-refractivity contribution in [1.29, 1.82) is 0 Å². The Hall–Kier alpha value is -2.62. The second kappa shape index (κ2) is 11.1. The molecule has 0 aliphatic heterocycles. The molecule has 4 heteroatoms. The fourth-order valence-electron chi connectivity index (χ4n) is 2.79. The Labute approximate surface area is 155 Å². The topological polar surface area (TPSA) is 65.2 Å². The van der Waals surface area contributed by atoms with Crippen molar-refractivity contribution in [3.8, 4) is 5.88 Å². The number of aryl methyl sites for hydroxylation is 1. The molecule has 4 nitrogen and oxygen atoms in total. The molecule has 0 spiro atoms. The number of unbranched alkanes of at least 4 members (excludes halogenated alkanes) is 5. The molecule has 0 bridgehead atoms. The molecular weight excluding hydrogens is 324 g/mol. The number of para-hydroxylation sites is 1. The van der Waals surface area contributed by atoms with Crippen molar-refractivity contribution in [1.82, 2.24) is 4.98 Å². The normalized spacial score (nSPS) is 11.6. The molecule has 0 fully saturated rings. The minimum absolute atomic E-state index is 0.411. The number of primary amides is 1. The molecule has 0 saturated carbocycles. The van der Waals surface area contributed by atoms with Crippen molar-refractivity contribution in [2.24, 2.45) is 5.73 Å². The molecule has 26 heavy (non-hydrogen) atoms. The van der Waals surface area contributed by atoms with Gasteiger partial charge in [0.2, 0.25) is 11.8 Å². The summed E-state index contributed by atoms with van der Waals surface area (Å²) >= 11 is 0. The molecule has 0 atom stereocenters. The van der Waals surface area contributed by atoms with Gasteiger partial charge in [0.1, 0.15) is 0 Å². The Bertz CT molecular complexity index is 766. The number of amides is 1. The van der Waals surface area contributed by atoms with Crippen molar-refractivity contribution in [3.63, 3.8) is 0 Å². The average Bonchev–Trinajstić information content (AvgIpc) is 2.62. The van der Waals surface area contributed by atoms with Crippen LogP contribution >= 0.6 is 0 Å². The number of carbonyl (C=O) groups is 1. The third kappa shape index (κ3) is 7.09. The number of allylic oxidation sites excluding steroid dienone is 3. The van der Waals surface area contributed by atoms with Crippen LogP contribution in [0, 0.1) is 6.92 Å². The molecule has 1 heterocycles. The van der Waals surface area contributed by atoms with Crippen molar-refractivity contribution in [2.45, 2.75) is 45.4 Å². The van der Waals surface area contributed by atoms with Crippen LogP contribution in [0.15, 0.2) is 54.6 Å². The molecule has 0 aliphatic rings. The molecule has 2 N–H and O–H groups in total. The van der Waals surface area contributed by atoms with Gasteiger partial charge in [-0.25, -0.2) is 4.98 Å². The molecule has 2 aromatic rings. The summed E-state index contributed by atoms with van der Waals surface area (Å²) in [6.07, 6.45) is 13.8. The Morgan fingerprint density at radius 2 is 1.88 bits per heavy atom. The first-order valence-electron chi connectivity index (χ1n) is 9.28. The van der Waals surface area contributed by atoms with Gasteiger partial charge in [-0.15, -0.1) is 0 Å². The number of ether oxygens (including phenoxy) is 1. The van der Waals surface area contributed by atoms with Gasteiger partial charge >= 0.3 is 0 Å². The van der Waals surface area contributed by atoms with E-state index in [1.807, 2.05) is 30.3 Å². The number of aromatic nitrogens is 1. The smallest absolute Gasteiger partial charge is 0.241 e. The van der Waals surface area contributed by atoms with E-state index in [1.165, 1.54) is 29.9 Å². The summed E-state index contributed by atoms with van der Waals surface area (Å²) in [5.74, 6) is 0.307. The maximum Gasteiger partial charge on any atom is 0.241 e. The van der Waals surface area contributed by atoms with Gasteiger partial charge in [0.25, 0.3) is 0 Å². The first-order chi connectivity index (χ1) is 12.7. The van der Waals surface area contributed by atoms with Gasteiger partial charge in [-0.1, -0.05) is 55.7 Å². The average molecular weight is 352 g/mol. The van der Waals surface area contributed by atoms with E-state index in [2.05, 4.69) is 24.1 Å². The number of rotatable bonds is 11. The SMILES string of the molecule is Cc1cc(OCCCCCCCC=CC=CC(N)=O)nc2ccccc12. The van der Waals surface area contributed by atoms with E-state index in [1.54, 1.807) is 6.08 Å². The fourth-order valence-corrected chi connectivity index (χ4v) is 2.79. The highest BCUT2D eigenvalue weighted by Gasteiger charge is 2.02. The third-order valence-corrected chi connectivity index (χ3v) is 4.17. The molecule has 0 unspecified atom stereocenters. The highest BCUT2D eigenvalue weighted by Crippen LogP contribution is 2.21. The lowest BCUT2D eigenvalue weighted by Gasteiger charge is -2.08. The molecule has 1 aromatic heterocycles. The fraction of sp³-hybridized carbons (Fsp3) is 0.364. The predicted octanol–water partition coefficient (Wildman–Crippen LogP) is 4.86. The molecule has 0 radical (unpaired) electrons. The maximum atomic E-state index is 10.5. The highest BCUT2D eigenvalue weighted by molar-refractivity contribution is 5.86. The number of pyridine rings is 1. The van der Waals surface area contributed by atoms with Crippen LogP contribution in [0.4, 0.5) is 0 Å². The lowest BCUT2D eigenvalue weighted by molar-refractivity contribution is -0.113.